The monoisotopic (exact) mass is 373 g/mol. The van der Waals surface area contributed by atoms with Crippen molar-refractivity contribution >= 4 is 29.0 Å². The van der Waals surface area contributed by atoms with Gasteiger partial charge in [-0.3, -0.25) is 9.59 Å². The highest BCUT2D eigenvalue weighted by atomic mass is 32.1. The van der Waals surface area contributed by atoms with Crippen LogP contribution in [0.25, 0.3) is 0 Å². The molecule has 0 aliphatic rings. The van der Waals surface area contributed by atoms with Crippen molar-refractivity contribution in [2.24, 2.45) is 0 Å². The third-order valence-corrected chi connectivity index (χ3v) is 5.08. The minimum atomic E-state index is -0.926. The Hall–Kier alpha value is -2.47. The molecule has 2 aromatic rings. The van der Waals surface area contributed by atoms with Crippen molar-refractivity contribution in [1.29, 1.82) is 0 Å². The molecule has 0 spiro atoms. The summed E-state index contributed by atoms with van der Waals surface area (Å²) in [5.41, 5.74) is 3.51. The van der Waals surface area contributed by atoms with E-state index < -0.39 is 18.1 Å². The molecule has 0 aliphatic heterocycles. The Balaban J connectivity index is 2.00. The summed E-state index contributed by atoms with van der Waals surface area (Å²) >= 11 is 1.29. The van der Waals surface area contributed by atoms with Gasteiger partial charge in [-0.25, -0.2) is 4.79 Å². The van der Waals surface area contributed by atoms with Crippen molar-refractivity contribution in [3.8, 4) is 0 Å². The molecule has 138 valence electrons. The molecule has 0 fully saturated rings. The number of hydrogen-bond acceptors (Lipinski definition) is 5. The highest BCUT2D eigenvalue weighted by Gasteiger charge is 2.25. The lowest BCUT2D eigenvalue weighted by Crippen LogP contribution is -2.41. The van der Waals surface area contributed by atoms with E-state index in [1.807, 2.05) is 32.9 Å². The van der Waals surface area contributed by atoms with Gasteiger partial charge in [-0.15, -0.1) is 11.3 Å². The second-order valence-electron chi connectivity index (χ2n) is 6.37. The predicted molar refractivity (Wildman–Crippen MR) is 102 cm³/mol. The summed E-state index contributed by atoms with van der Waals surface area (Å²) in [7, 11) is 0. The molecule has 1 heterocycles. The van der Waals surface area contributed by atoms with Gasteiger partial charge in [-0.2, -0.15) is 0 Å². The smallest absolute Gasteiger partial charge is 0.329 e. The van der Waals surface area contributed by atoms with E-state index in [0.717, 1.165) is 16.7 Å². The van der Waals surface area contributed by atoms with Crippen LogP contribution in [0.4, 0.5) is 0 Å². The van der Waals surface area contributed by atoms with E-state index in [1.165, 1.54) is 18.3 Å². The van der Waals surface area contributed by atoms with Gasteiger partial charge in [0.15, 0.2) is 6.10 Å². The molecule has 0 bridgehead atoms. The number of esters is 1. The summed E-state index contributed by atoms with van der Waals surface area (Å²) in [5, 5.41) is 4.36. The number of carbonyl (C=O) groups excluding carboxylic acids is 3. The summed E-state index contributed by atoms with van der Waals surface area (Å²) in [6.45, 7) is 8.86. The molecule has 5 nitrogen and oxygen atoms in total. The van der Waals surface area contributed by atoms with E-state index in [4.69, 9.17) is 4.74 Å². The van der Waals surface area contributed by atoms with E-state index >= 15 is 0 Å². The van der Waals surface area contributed by atoms with Gasteiger partial charge in [0.05, 0.1) is 4.88 Å². The van der Waals surface area contributed by atoms with Gasteiger partial charge in [0.2, 0.25) is 5.78 Å². The van der Waals surface area contributed by atoms with Gasteiger partial charge in [0.25, 0.3) is 5.91 Å². The highest BCUT2D eigenvalue weighted by Crippen LogP contribution is 2.18. The van der Waals surface area contributed by atoms with Crippen LogP contribution in [0.15, 0.2) is 29.6 Å². The summed E-state index contributed by atoms with van der Waals surface area (Å²) in [6, 6.07) is 6.35. The molecule has 0 radical (unpaired) electrons. The molecule has 0 aliphatic carbocycles. The number of Topliss-reactive ketones (excluding diaryl/α,β-unsaturated/α-hetero) is 1. The van der Waals surface area contributed by atoms with Gasteiger partial charge >= 0.3 is 5.97 Å². The van der Waals surface area contributed by atoms with Gasteiger partial charge in [0.1, 0.15) is 6.04 Å². The van der Waals surface area contributed by atoms with Crippen molar-refractivity contribution in [2.75, 3.05) is 0 Å². The van der Waals surface area contributed by atoms with Gasteiger partial charge < -0.3 is 10.1 Å². The fourth-order valence-corrected chi connectivity index (χ4v) is 3.14. The van der Waals surface area contributed by atoms with E-state index in [1.54, 1.807) is 24.4 Å². The van der Waals surface area contributed by atoms with Gasteiger partial charge in [-0.1, -0.05) is 12.1 Å². The van der Waals surface area contributed by atoms with Crippen molar-refractivity contribution in [2.45, 2.75) is 46.8 Å². The molecule has 0 saturated heterocycles. The van der Waals surface area contributed by atoms with Crippen LogP contribution in [0.1, 0.15) is 50.6 Å². The number of nitrogens with one attached hydrogen (secondary N) is 1. The summed E-state index contributed by atoms with van der Waals surface area (Å²) in [5.74, 6) is -1.23. The topological polar surface area (TPSA) is 72.5 Å². The SMILES string of the molecule is Cc1cc(C)c(C(=O)C(C)OC(=O)C(C)NC(=O)c2cccs2)cc1C. The van der Waals surface area contributed by atoms with Gasteiger partial charge in [-0.05, 0) is 68.8 Å². The lowest BCUT2D eigenvalue weighted by molar-refractivity contribution is -0.148. The Morgan fingerprint density at radius 3 is 2.31 bits per heavy atom. The summed E-state index contributed by atoms with van der Waals surface area (Å²) < 4.78 is 5.27. The molecule has 26 heavy (non-hydrogen) atoms. The van der Waals surface area contributed by atoms with Crippen LogP contribution in [0.3, 0.4) is 0 Å². The van der Waals surface area contributed by atoms with Crippen LogP contribution in [0.5, 0.6) is 0 Å². The minimum Gasteiger partial charge on any atom is -0.453 e. The van der Waals surface area contributed by atoms with Gasteiger partial charge in [0, 0.05) is 5.56 Å². The zero-order chi connectivity index (χ0) is 19.4. The zero-order valence-corrected chi connectivity index (χ0v) is 16.4. The van der Waals surface area contributed by atoms with Crippen LogP contribution in [0.2, 0.25) is 0 Å². The largest absolute Gasteiger partial charge is 0.453 e. The fourth-order valence-electron chi connectivity index (χ4n) is 2.51. The number of amides is 1. The molecular formula is C20H23NO4S. The van der Waals surface area contributed by atoms with E-state index in [2.05, 4.69) is 5.32 Å². The Labute approximate surface area is 157 Å². The minimum absolute atomic E-state index is 0.254. The normalized spacial score (nSPS) is 13.0. The summed E-state index contributed by atoms with van der Waals surface area (Å²) in [4.78, 5) is 37.4. The van der Waals surface area contributed by atoms with Crippen molar-refractivity contribution in [3.63, 3.8) is 0 Å². The predicted octanol–water partition coefficient (Wildman–Crippen LogP) is 3.61. The third-order valence-electron chi connectivity index (χ3n) is 4.21. The number of benzene rings is 1. The fraction of sp³-hybridized carbons (Fsp3) is 0.350. The lowest BCUT2D eigenvalue weighted by Gasteiger charge is -2.18. The molecular weight excluding hydrogens is 350 g/mol. The van der Waals surface area contributed by atoms with Crippen LogP contribution in [-0.2, 0) is 9.53 Å². The van der Waals surface area contributed by atoms with Crippen LogP contribution in [-0.4, -0.2) is 29.8 Å². The number of carbonyl (C=O) groups is 3. The first-order chi connectivity index (χ1) is 12.2. The second kappa shape index (κ2) is 8.27. The standard InChI is InChI=1S/C20H23NO4S/c1-11-9-13(3)16(10-12(11)2)18(22)15(5)25-20(24)14(4)21-19(23)17-7-6-8-26-17/h6-10,14-15H,1-5H3,(H,21,23). The van der Waals surface area contributed by atoms with E-state index in [0.29, 0.717) is 10.4 Å². The molecule has 1 N–H and O–H groups in total. The van der Waals surface area contributed by atoms with E-state index in [9.17, 15) is 14.4 Å². The number of rotatable bonds is 6. The number of hydrogen-bond donors (Lipinski definition) is 1. The Morgan fingerprint density at radius 1 is 1.04 bits per heavy atom. The molecule has 1 amide bonds. The third kappa shape index (κ3) is 4.58. The lowest BCUT2D eigenvalue weighted by atomic mass is 9.96. The van der Waals surface area contributed by atoms with E-state index in [-0.39, 0.29) is 11.7 Å². The molecule has 1 aromatic heterocycles. The first kappa shape index (κ1) is 19.8. The number of aryl methyl sites for hydroxylation is 3. The van der Waals surface area contributed by atoms with Crippen molar-refractivity contribution < 1.29 is 19.1 Å². The average molecular weight is 373 g/mol. The molecule has 6 heteroatoms. The summed E-state index contributed by atoms with van der Waals surface area (Å²) in [6.07, 6.45) is -0.926. The van der Waals surface area contributed by atoms with Crippen molar-refractivity contribution in [3.05, 3.63) is 56.8 Å². The number of ether oxygens (including phenoxy) is 1. The molecule has 2 rings (SSSR count). The van der Waals surface area contributed by atoms with Crippen LogP contribution < -0.4 is 5.32 Å². The molecule has 0 saturated carbocycles. The quantitative estimate of drug-likeness (QED) is 0.620. The average Bonchev–Trinajstić information content (AvgIpc) is 3.12. The Morgan fingerprint density at radius 2 is 1.69 bits per heavy atom. The number of thiophene rings is 1. The Kier molecular flexibility index (Phi) is 6.32. The first-order valence-electron chi connectivity index (χ1n) is 8.37. The molecule has 2 atom stereocenters. The van der Waals surface area contributed by atoms with Crippen LogP contribution in [0, 0.1) is 20.8 Å². The van der Waals surface area contributed by atoms with Crippen LogP contribution >= 0.6 is 11.3 Å². The maximum atomic E-state index is 12.6. The Bertz CT molecular complexity index is 827. The maximum absolute atomic E-state index is 12.6. The zero-order valence-electron chi connectivity index (χ0n) is 15.6. The molecule has 1 aromatic carbocycles. The number of ketones is 1. The van der Waals surface area contributed by atoms with Crippen molar-refractivity contribution in [1.82, 2.24) is 5.32 Å². The molecule has 2 unspecified atom stereocenters. The highest BCUT2D eigenvalue weighted by molar-refractivity contribution is 7.12. The first-order valence-corrected chi connectivity index (χ1v) is 9.25. The second-order valence-corrected chi connectivity index (χ2v) is 7.31. The maximum Gasteiger partial charge on any atom is 0.329 e.